The predicted molar refractivity (Wildman–Crippen MR) is 66.1 cm³/mol. The molecule has 0 radical (unpaired) electrons. The first-order chi connectivity index (χ1) is 7.50. The molecule has 0 aliphatic heterocycles. The molecule has 1 amide bonds. The molecule has 16 heavy (non-hydrogen) atoms. The molecule has 1 fully saturated rings. The zero-order chi connectivity index (χ0) is 12.1. The summed E-state index contributed by atoms with van der Waals surface area (Å²) < 4.78 is 0. The zero-order valence-corrected chi connectivity index (χ0v) is 10.7. The maximum atomic E-state index is 11.6. The second-order valence-electron chi connectivity index (χ2n) is 5.24. The summed E-state index contributed by atoms with van der Waals surface area (Å²) in [6.07, 6.45) is 3.36. The normalized spacial score (nSPS) is 17.9. The molecule has 1 aliphatic rings. The van der Waals surface area contributed by atoms with Gasteiger partial charge in [0.2, 0.25) is 5.91 Å². The minimum absolute atomic E-state index is 0.0158. The lowest BCUT2D eigenvalue weighted by Gasteiger charge is -2.18. The predicted octanol–water partition coefficient (Wildman–Crippen LogP) is 0.570. The van der Waals surface area contributed by atoms with E-state index in [4.69, 9.17) is 5.73 Å². The highest BCUT2D eigenvalue weighted by Gasteiger charge is 2.25. The standard InChI is InChI=1S/C12H25N3O/c1-9(2)8-11(13)12(16)14-6-7-15(3)10-4-5-10/h9-11H,4-8,13H2,1-3H3,(H,14,16). The van der Waals surface area contributed by atoms with Crippen LogP contribution in [0.1, 0.15) is 33.1 Å². The Morgan fingerprint density at radius 1 is 1.50 bits per heavy atom. The first-order valence-corrected chi connectivity index (χ1v) is 6.24. The molecular weight excluding hydrogens is 202 g/mol. The van der Waals surface area contributed by atoms with Crippen LogP contribution in [-0.2, 0) is 4.79 Å². The molecule has 1 rings (SSSR count). The Kier molecular flexibility index (Phi) is 5.22. The third kappa shape index (κ3) is 4.94. The number of nitrogens with two attached hydrogens (primary N) is 1. The largest absolute Gasteiger partial charge is 0.353 e. The van der Waals surface area contributed by atoms with Crippen LogP contribution in [-0.4, -0.2) is 43.0 Å². The number of carbonyl (C=O) groups is 1. The molecule has 3 N–H and O–H groups in total. The van der Waals surface area contributed by atoms with E-state index in [1.54, 1.807) is 0 Å². The summed E-state index contributed by atoms with van der Waals surface area (Å²) in [5, 5.41) is 2.90. The molecule has 0 spiro atoms. The highest BCUT2D eigenvalue weighted by molar-refractivity contribution is 5.81. The van der Waals surface area contributed by atoms with E-state index in [1.807, 2.05) is 0 Å². The second kappa shape index (κ2) is 6.21. The smallest absolute Gasteiger partial charge is 0.236 e. The molecule has 0 heterocycles. The molecule has 0 saturated heterocycles. The van der Waals surface area contributed by atoms with Gasteiger partial charge in [-0.05, 0) is 32.2 Å². The van der Waals surface area contributed by atoms with Crippen LogP contribution in [0.2, 0.25) is 0 Å². The van der Waals surface area contributed by atoms with E-state index in [9.17, 15) is 4.79 Å². The first-order valence-electron chi connectivity index (χ1n) is 6.24. The van der Waals surface area contributed by atoms with Gasteiger partial charge in [-0.2, -0.15) is 0 Å². The summed E-state index contributed by atoms with van der Waals surface area (Å²) in [7, 11) is 2.11. The van der Waals surface area contributed by atoms with Crippen LogP contribution in [0, 0.1) is 5.92 Å². The molecule has 1 saturated carbocycles. The topological polar surface area (TPSA) is 58.4 Å². The number of nitrogens with one attached hydrogen (secondary N) is 1. The number of hydrogen-bond acceptors (Lipinski definition) is 3. The van der Waals surface area contributed by atoms with Crippen LogP contribution in [0.4, 0.5) is 0 Å². The maximum Gasteiger partial charge on any atom is 0.236 e. The van der Waals surface area contributed by atoms with Crippen LogP contribution < -0.4 is 11.1 Å². The van der Waals surface area contributed by atoms with Gasteiger partial charge in [0.05, 0.1) is 6.04 Å². The fourth-order valence-corrected chi connectivity index (χ4v) is 1.80. The average molecular weight is 227 g/mol. The van der Waals surface area contributed by atoms with Gasteiger partial charge in [0.15, 0.2) is 0 Å². The van der Waals surface area contributed by atoms with Crippen LogP contribution >= 0.6 is 0 Å². The molecule has 1 atom stereocenters. The lowest BCUT2D eigenvalue weighted by molar-refractivity contribution is -0.122. The summed E-state index contributed by atoms with van der Waals surface area (Å²) in [6.45, 7) is 5.78. The number of nitrogens with zero attached hydrogens (tertiary/aromatic N) is 1. The SMILES string of the molecule is CC(C)CC(N)C(=O)NCCN(C)C1CC1. The van der Waals surface area contributed by atoms with Crippen molar-refractivity contribution in [2.45, 2.75) is 45.2 Å². The third-order valence-corrected chi connectivity index (χ3v) is 3.00. The minimum atomic E-state index is -0.355. The maximum absolute atomic E-state index is 11.6. The van der Waals surface area contributed by atoms with Gasteiger partial charge in [-0.25, -0.2) is 0 Å². The molecule has 4 heteroatoms. The summed E-state index contributed by atoms with van der Waals surface area (Å²) >= 11 is 0. The highest BCUT2D eigenvalue weighted by Crippen LogP contribution is 2.24. The van der Waals surface area contributed by atoms with Crippen molar-refractivity contribution in [3.8, 4) is 0 Å². The van der Waals surface area contributed by atoms with Gasteiger partial charge < -0.3 is 16.0 Å². The van der Waals surface area contributed by atoms with E-state index in [0.717, 1.165) is 19.0 Å². The van der Waals surface area contributed by atoms with Crippen molar-refractivity contribution in [3.63, 3.8) is 0 Å². The number of rotatable bonds is 7. The van der Waals surface area contributed by atoms with Gasteiger partial charge in [0, 0.05) is 19.1 Å². The fourth-order valence-electron chi connectivity index (χ4n) is 1.80. The Morgan fingerprint density at radius 2 is 2.12 bits per heavy atom. The third-order valence-electron chi connectivity index (χ3n) is 3.00. The molecule has 0 aromatic rings. The van der Waals surface area contributed by atoms with E-state index in [1.165, 1.54) is 12.8 Å². The van der Waals surface area contributed by atoms with Crippen molar-refractivity contribution in [1.29, 1.82) is 0 Å². The van der Waals surface area contributed by atoms with E-state index in [2.05, 4.69) is 31.1 Å². The molecule has 4 nitrogen and oxygen atoms in total. The van der Waals surface area contributed by atoms with Crippen LogP contribution in [0.3, 0.4) is 0 Å². The number of likely N-dealkylation sites (N-methyl/N-ethyl adjacent to an activating group) is 1. The second-order valence-corrected chi connectivity index (χ2v) is 5.24. The highest BCUT2D eigenvalue weighted by atomic mass is 16.2. The van der Waals surface area contributed by atoms with Crippen molar-refractivity contribution >= 4 is 5.91 Å². The zero-order valence-electron chi connectivity index (χ0n) is 10.7. The van der Waals surface area contributed by atoms with Crippen molar-refractivity contribution < 1.29 is 4.79 Å². The average Bonchev–Trinajstić information content (AvgIpc) is 2.99. The van der Waals surface area contributed by atoms with Crippen LogP contribution in [0.5, 0.6) is 0 Å². The fraction of sp³-hybridized carbons (Fsp3) is 0.917. The van der Waals surface area contributed by atoms with Gasteiger partial charge in [-0.15, -0.1) is 0 Å². The van der Waals surface area contributed by atoms with E-state index < -0.39 is 0 Å². The Bertz CT molecular complexity index is 226. The minimum Gasteiger partial charge on any atom is -0.353 e. The van der Waals surface area contributed by atoms with Gasteiger partial charge in [-0.3, -0.25) is 4.79 Å². The Labute approximate surface area is 98.6 Å². The van der Waals surface area contributed by atoms with Gasteiger partial charge >= 0.3 is 0 Å². The van der Waals surface area contributed by atoms with Crippen molar-refractivity contribution in [3.05, 3.63) is 0 Å². The van der Waals surface area contributed by atoms with Crippen molar-refractivity contribution in [2.24, 2.45) is 11.7 Å². The van der Waals surface area contributed by atoms with Crippen LogP contribution in [0.15, 0.2) is 0 Å². The van der Waals surface area contributed by atoms with Gasteiger partial charge in [0.25, 0.3) is 0 Å². The lowest BCUT2D eigenvalue weighted by Crippen LogP contribution is -2.44. The summed E-state index contributed by atoms with van der Waals surface area (Å²) in [5.74, 6) is 0.452. The van der Waals surface area contributed by atoms with Gasteiger partial charge in [0.1, 0.15) is 0 Å². The lowest BCUT2D eigenvalue weighted by atomic mass is 10.0. The number of amides is 1. The van der Waals surface area contributed by atoms with Crippen molar-refractivity contribution in [2.75, 3.05) is 20.1 Å². The molecule has 1 unspecified atom stereocenters. The molecule has 1 aliphatic carbocycles. The molecule has 94 valence electrons. The number of hydrogen-bond donors (Lipinski definition) is 2. The summed E-state index contributed by atoms with van der Waals surface area (Å²) in [6, 6.07) is 0.396. The molecule has 0 aromatic heterocycles. The summed E-state index contributed by atoms with van der Waals surface area (Å²) in [5.41, 5.74) is 5.78. The Balaban J connectivity index is 2.08. The van der Waals surface area contributed by atoms with Gasteiger partial charge in [-0.1, -0.05) is 13.8 Å². The Morgan fingerprint density at radius 3 is 2.62 bits per heavy atom. The summed E-state index contributed by atoms with van der Waals surface area (Å²) in [4.78, 5) is 13.9. The monoisotopic (exact) mass is 227 g/mol. The number of carbonyl (C=O) groups excluding carboxylic acids is 1. The first kappa shape index (κ1) is 13.5. The molecule has 0 bridgehead atoms. The quantitative estimate of drug-likeness (QED) is 0.668. The van der Waals surface area contributed by atoms with E-state index in [-0.39, 0.29) is 11.9 Å². The Hall–Kier alpha value is -0.610. The molecule has 0 aromatic carbocycles. The van der Waals surface area contributed by atoms with Crippen LogP contribution in [0.25, 0.3) is 0 Å². The van der Waals surface area contributed by atoms with E-state index in [0.29, 0.717) is 12.5 Å². The van der Waals surface area contributed by atoms with Crippen molar-refractivity contribution in [1.82, 2.24) is 10.2 Å². The van der Waals surface area contributed by atoms with E-state index >= 15 is 0 Å². The molecular formula is C12H25N3O.